The van der Waals surface area contributed by atoms with Gasteiger partial charge in [0.25, 0.3) is 0 Å². The first-order chi connectivity index (χ1) is 7.58. The smallest absolute Gasteiger partial charge is 0.374 e. The summed E-state index contributed by atoms with van der Waals surface area (Å²) in [5.74, 6) is -1.83. The Morgan fingerprint density at radius 1 is 1.44 bits per heavy atom. The van der Waals surface area contributed by atoms with Crippen LogP contribution in [-0.2, 0) is 0 Å². The summed E-state index contributed by atoms with van der Waals surface area (Å²) in [4.78, 5) is 10.6. The molecule has 2 rings (SSSR count). The Hall–Kier alpha value is -2.17. The van der Waals surface area contributed by atoms with Gasteiger partial charge >= 0.3 is 5.97 Å². The van der Waals surface area contributed by atoms with E-state index in [1.54, 1.807) is 19.1 Å². The average Bonchev–Trinajstić information content (AvgIpc) is 2.71. The minimum atomic E-state index is -1.20. The maximum absolute atomic E-state index is 13.3. The molecule has 0 aliphatic carbocycles. The molecule has 0 radical (unpaired) electrons. The van der Waals surface area contributed by atoms with Crippen LogP contribution in [0, 0.1) is 12.7 Å². The summed E-state index contributed by atoms with van der Waals surface area (Å²) >= 11 is 0. The third-order valence-corrected chi connectivity index (χ3v) is 2.19. The quantitative estimate of drug-likeness (QED) is 0.846. The van der Waals surface area contributed by atoms with Gasteiger partial charge in [-0.3, -0.25) is 0 Å². The standard InChI is InChI=1S/C11H8FNO3/c1-6-2-3-7(4-8(6)12)9-5-10(11(14)15)16-13-9/h2-5H,1H3,(H,14,15). The summed E-state index contributed by atoms with van der Waals surface area (Å²) in [5.41, 5.74) is 1.31. The molecule has 2 aromatic rings. The molecule has 1 aromatic carbocycles. The number of carbonyl (C=O) groups is 1. The highest BCUT2D eigenvalue weighted by atomic mass is 19.1. The monoisotopic (exact) mass is 221 g/mol. The molecule has 16 heavy (non-hydrogen) atoms. The summed E-state index contributed by atoms with van der Waals surface area (Å²) in [6.07, 6.45) is 0. The van der Waals surface area contributed by atoms with Crippen molar-refractivity contribution in [2.75, 3.05) is 0 Å². The zero-order valence-corrected chi connectivity index (χ0v) is 8.40. The van der Waals surface area contributed by atoms with E-state index in [9.17, 15) is 9.18 Å². The van der Waals surface area contributed by atoms with Crippen LogP contribution in [0.25, 0.3) is 11.3 Å². The number of nitrogens with zero attached hydrogens (tertiary/aromatic N) is 1. The van der Waals surface area contributed by atoms with Crippen molar-refractivity contribution in [3.63, 3.8) is 0 Å². The van der Waals surface area contributed by atoms with Crippen LogP contribution < -0.4 is 0 Å². The maximum Gasteiger partial charge on any atom is 0.374 e. The molecule has 0 aliphatic rings. The third kappa shape index (κ3) is 1.79. The van der Waals surface area contributed by atoms with Gasteiger partial charge in [0.15, 0.2) is 0 Å². The van der Waals surface area contributed by atoms with Crippen LogP contribution in [0.1, 0.15) is 16.1 Å². The highest BCUT2D eigenvalue weighted by molar-refractivity contribution is 5.85. The van der Waals surface area contributed by atoms with E-state index in [-0.39, 0.29) is 11.6 Å². The summed E-state index contributed by atoms with van der Waals surface area (Å²) in [7, 11) is 0. The lowest BCUT2D eigenvalue weighted by molar-refractivity contribution is 0.0652. The molecule has 1 N–H and O–H groups in total. The molecule has 4 nitrogen and oxygen atoms in total. The van der Waals surface area contributed by atoms with Crippen LogP contribution in [0.4, 0.5) is 4.39 Å². The number of aromatic carboxylic acids is 1. The maximum atomic E-state index is 13.3. The molecule has 1 aromatic heterocycles. The first kappa shape index (κ1) is 10.4. The van der Waals surface area contributed by atoms with Crippen molar-refractivity contribution < 1.29 is 18.8 Å². The minimum Gasteiger partial charge on any atom is -0.475 e. The lowest BCUT2D eigenvalue weighted by Crippen LogP contribution is -1.91. The molecule has 0 amide bonds. The number of rotatable bonds is 2. The number of benzene rings is 1. The Balaban J connectivity index is 2.42. The second kappa shape index (κ2) is 3.77. The number of carboxylic acids is 1. The number of hydrogen-bond acceptors (Lipinski definition) is 3. The van der Waals surface area contributed by atoms with Crippen LogP contribution in [0.5, 0.6) is 0 Å². The van der Waals surface area contributed by atoms with Gasteiger partial charge in [-0.1, -0.05) is 17.3 Å². The molecule has 0 atom stereocenters. The van der Waals surface area contributed by atoms with Crippen molar-refractivity contribution in [2.45, 2.75) is 6.92 Å². The molecule has 0 saturated carbocycles. The Morgan fingerprint density at radius 2 is 2.19 bits per heavy atom. The van der Waals surface area contributed by atoms with E-state index >= 15 is 0 Å². The lowest BCUT2D eigenvalue weighted by atomic mass is 10.1. The molecular formula is C11H8FNO3. The fourth-order valence-corrected chi connectivity index (χ4v) is 1.26. The van der Waals surface area contributed by atoms with Gasteiger partial charge in [-0.05, 0) is 18.6 Å². The second-order valence-electron chi connectivity index (χ2n) is 3.35. The topological polar surface area (TPSA) is 63.3 Å². The molecule has 0 fully saturated rings. The van der Waals surface area contributed by atoms with E-state index in [0.717, 1.165) is 0 Å². The van der Waals surface area contributed by atoms with Crippen LogP contribution in [0.3, 0.4) is 0 Å². The SMILES string of the molecule is Cc1ccc(-c2cc(C(=O)O)on2)cc1F. The second-order valence-corrected chi connectivity index (χ2v) is 3.35. The average molecular weight is 221 g/mol. The van der Waals surface area contributed by atoms with E-state index in [2.05, 4.69) is 9.68 Å². The number of aromatic nitrogens is 1. The highest BCUT2D eigenvalue weighted by Gasteiger charge is 2.12. The Kier molecular flexibility index (Phi) is 2.44. The normalized spacial score (nSPS) is 10.4. The first-order valence-corrected chi connectivity index (χ1v) is 4.54. The predicted octanol–water partition coefficient (Wildman–Crippen LogP) is 2.49. The van der Waals surface area contributed by atoms with Gasteiger partial charge in [-0.15, -0.1) is 0 Å². The molecule has 0 bridgehead atoms. The Morgan fingerprint density at radius 3 is 2.75 bits per heavy atom. The zero-order chi connectivity index (χ0) is 11.7. The van der Waals surface area contributed by atoms with E-state index < -0.39 is 5.97 Å². The summed E-state index contributed by atoms with van der Waals surface area (Å²) < 4.78 is 17.8. The zero-order valence-electron chi connectivity index (χ0n) is 8.40. The fourth-order valence-electron chi connectivity index (χ4n) is 1.26. The van der Waals surface area contributed by atoms with Gasteiger partial charge in [0.2, 0.25) is 5.76 Å². The van der Waals surface area contributed by atoms with E-state index in [1.165, 1.54) is 12.1 Å². The molecular weight excluding hydrogens is 213 g/mol. The molecule has 5 heteroatoms. The molecule has 0 unspecified atom stereocenters. The summed E-state index contributed by atoms with van der Waals surface area (Å²) in [5, 5.41) is 12.2. The first-order valence-electron chi connectivity index (χ1n) is 4.54. The van der Waals surface area contributed by atoms with Gasteiger partial charge in [0.05, 0.1) is 0 Å². The molecule has 82 valence electrons. The molecule has 0 spiro atoms. The largest absolute Gasteiger partial charge is 0.475 e. The van der Waals surface area contributed by atoms with Crippen molar-refractivity contribution in [3.8, 4) is 11.3 Å². The van der Waals surface area contributed by atoms with Gasteiger partial charge in [-0.2, -0.15) is 0 Å². The summed E-state index contributed by atoms with van der Waals surface area (Å²) in [6.45, 7) is 1.64. The molecule has 0 saturated heterocycles. The van der Waals surface area contributed by atoms with Crippen LogP contribution in [-0.4, -0.2) is 16.2 Å². The number of carboxylic acid groups (broad SMARTS) is 1. The number of halogens is 1. The highest BCUT2D eigenvalue weighted by Crippen LogP contribution is 2.21. The fraction of sp³-hybridized carbons (Fsp3) is 0.0909. The molecule has 0 aliphatic heterocycles. The van der Waals surface area contributed by atoms with E-state index in [0.29, 0.717) is 16.8 Å². The van der Waals surface area contributed by atoms with Gasteiger partial charge in [-0.25, -0.2) is 9.18 Å². The number of aryl methyl sites for hydroxylation is 1. The van der Waals surface area contributed by atoms with Crippen LogP contribution in [0.15, 0.2) is 28.8 Å². The van der Waals surface area contributed by atoms with Crippen LogP contribution in [0.2, 0.25) is 0 Å². The Labute approximate surface area is 90.3 Å². The Bertz CT molecular complexity index is 548. The van der Waals surface area contributed by atoms with Crippen LogP contribution >= 0.6 is 0 Å². The number of hydrogen-bond donors (Lipinski definition) is 1. The van der Waals surface area contributed by atoms with Gasteiger partial charge < -0.3 is 9.63 Å². The van der Waals surface area contributed by atoms with Crippen molar-refractivity contribution >= 4 is 5.97 Å². The van der Waals surface area contributed by atoms with Gasteiger partial charge in [0.1, 0.15) is 11.5 Å². The van der Waals surface area contributed by atoms with Gasteiger partial charge in [0, 0.05) is 11.6 Å². The van der Waals surface area contributed by atoms with E-state index in [1.807, 2.05) is 0 Å². The third-order valence-electron chi connectivity index (χ3n) is 2.19. The van der Waals surface area contributed by atoms with E-state index in [4.69, 9.17) is 5.11 Å². The lowest BCUT2D eigenvalue weighted by Gasteiger charge is -1.98. The molecule has 1 heterocycles. The van der Waals surface area contributed by atoms with Crippen molar-refractivity contribution in [2.24, 2.45) is 0 Å². The van der Waals surface area contributed by atoms with Crippen molar-refractivity contribution in [3.05, 3.63) is 41.4 Å². The van der Waals surface area contributed by atoms with Crippen molar-refractivity contribution in [1.29, 1.82) is 0 Å². The van der Waals surface area contributed by atoms with Crippen molar-refractivity contribution in [1.82, 2.24) is 5.16 Å². The minimum absolute atomic E-state index is 0.268. The predicted molar refractivity (Wildman–Crippen MR) is 53.6 cm³/mol. The summed E-state index contributed by atoms with van der Waals surface area (Å²) in [6, 6.07) is 5.80.